The number of nitrogens with two attached hydrogens (primary N) is 1. The minimum atomic E-state index is 0.291. The monoisotopic (exact) mass is 287 g/mol. The van der Waals surface area contributed by atoms with Crippen LogP contribution in [0.15, 0.2) is 47.9 Å². The Labute approximate surface area is 124 Å². The van der Waals surface area contributed by atoms with Crippen LogP contribution in [-0.4, -0.2) is 27.4 Å². The molecule has 0 spiro atoms. The van der Waals surface area contributed by atoms with Crippen LogP contribution in [0, 0.1) is 0 Å². The Hall–Kier alpha value is -2.34. The van der Waals surface area contributed by atoms with Gasteiger partial charge in [0.25, 0.3) is 0 Å². The van der Waals surface area contributed by atoms with Gasteiger partial charge in [-0.15, -0.1) is 0 Å². The molecule has 0 amide bonds. The van der Waals surface area contributed by atoms with Crippen LogP contribution in [0.1, 0.15) is 24.8 Å². The molecular weight excluding hydrogens is 266 g/mol. The maximum Gasteiger partial charge on any atom is 0.139 e. The number of aromatic nitrogens is 2. The van der Waals surface area contributed by atoms with Gasteiger partial charge in [0.05, 0.1) is 5.69 Å². The quantitative estimate of drug-likeness (QED) is 0.227. The van der Waals surface area contributed by atoms with Crippen molar-refractivity contribution in [3.05, 3.63) is 48.3 Å². The molecule has 2 aromatic rings. The average Bonchev–Trinajstić information content (AvgIpc) is 3.05. The molecule has 0 bridgehead atoms. The molecule has 0 aliphatic heterocycles. The van der Waals surface area contributed by atoms with E-state index in [0.29, 0.717) is 12.3 Å². The highest BCUT2D eigenvalue weighted by Crippen LogP contribution is 2.13. The molecule has 0 aliphatic carbocycles. The molecule has 0 atom stereocenters. The normalized spacial score (nSPS) is 11.7. The van der Waals surface area contributed by atoms with E-state index < -0.39 is 0 Å². The summed E-state index contributed by atoms with van der Waals surface area (Å²) in [5, 5.41) is 19.1. The van der Waals surface area contributed by atoms with Crippen LogP contribution in [0.25, 0.3) is 5.69 Å². The molecule has 1 aromatic carbocycles. The zero-order valence-corrected chi connectivity index (χ0v) is 11.9. The molecule has 6 heteroatoms. The molecule has 2 rings (SSSR count). The van der Waals surface area contributed by atoms with Crippen molar-refractivity contribution >= 4 is 5.84 Å². The second-order valence-corrected chi connectivity index (χ2v) is 4.80. The van der Waals surface area contributed by atoms with Crippen LogP contribution in [0.2, 0.25) is 0 Å². The van der Waals surface area contributed by atoms with Gasteiger partial charge in [-0.2, -0.15) is 5.10 Å². The van der Waals surface area contributed by atoms with Gasteiger partial charge in [-0.25, -0.2) is 4.68 Å². The molecule has 6 nitrogen and oxygen atoms in total. The molecule has 0 aliphatic rings. The van der Waals surface area contributed by atoms with Gasteiger partial charge in [-0.05, 0) is 37.1 Å². The Balaban J connectivity index is 1.79. The smallest absolute Gasteiger partial charge is 0.139 e. The number of benzene rings is 1. The molecule has 4 N–H and O–H groups in total. The highest BCUT2D eigenvalue weighted by atomic mass is 16.4. The highest BCUT2D eigenvalue weighted by Gasteiger charge is 2.03. The van der Waals surface area contributed by atoms with Crippen LogP contribution in [0.3, 0.4) is 0 Å². The number of nitrogens with one attached hydrogen (secondary N) is 1. The summed E-state index contributed by atoms with van der Waals surface area (Å²) in [4.78, 5) is 0. The minimum absolute atomic E-state index is 0.291. The summed E-state index contributed by atoms with van der Waals surface area (Å²) in [5.74, 6) is 0.291. The fraction of sp³-hybridized carbons (Fsp3) is 0.333. The van der Waals surface area contributed by atoms with Crippen molar-refractivity contribution in [1.82, 2.24) is 15.1 Å². The van der Waals surface area contributed by atoms with E-state index in [1.165, 1.54) is 5.56 Å². The van der Waals surface area contributed by atoms with Gasteiger partial charge in [0.1, 0.15) is 5.84 Å². The average molecular weight is 287 g/mol. The van der Waals surface area contributed by atoms with E-state index >= 15 is 0 Å². The molecule has 1 aromatic heterocycles. The lowest BCUT2D eigenvalue weighted by Gasteiger charge is -2.10. The van der Waals surface area contributed by atoms with E-state index in [2.05, 4.69) is 27.7 Å². The highest BCUT2D eigenvalue weighted by molar-refractivity contribution is 5.79. The Kier molecular flexibility index (Phi) is 5.78. The van der Waals surface area contributed by atoms with E-state index in [9.17, 15) is 0 Å². The summed E-state index contributed by atoms with van der Waals surface area (Å²) in [6, 6.07) is 10.1. The molecule has 0 saturated heterocycles. The number of hydrogen-bond acceptors (Lipinski definition) is 4. The predicted molar refractivity (Wildman–Crippen MR) is 82.5 cm³/mol. The van der Waals surface area contributed by atoms with E-state index in [1.807, 2.05) is 29.1 Å². The molecular formula is C15H21N5O. The summed E-state index contributed by atoms with van der Waals surface area (Å²) in [6.45, 7) is 1.69. The van der Waals surface area contributed by atoms with Gasteiger partial charge in [-0.1, -0.05) is 23.4 Å². The first-order valence-corrected chi connectivity index (χ1v) is 7.06. The van der Waals surface area contributed by atoms with Gasteiger partial charge >= 0.3 is 0 Å². The lowest BCUT2D eigenvalue weighted by molar-refractivity contribution is 0.316. The standard InChI is InChI=1S/C15H21N5O/c16-15(19-21)8-3-4-9-17-12-13-6-1-2-7-14(13)20-11-5-10-18-20/h1-2,5-7,10-11,17,21H,3-4,8-9,12H2,(H2,16,19). The number of para-hydroxylation sites is 1. The van der Waals surface area contributed by atoms with Gasteiger partial charge in [-0.3, -0.25) is 0 Å². The fourth-order valence-corrected chi connectivity index (χ4v) is 2.12. The van der Waals surface area contributed by atoms with Gasteiger partial charge in [0, 0.05) is 25.4 Å². The second-order valence-electron chi connectivity index (χ2n) is 4.80. The van der Waals surface area contributed by atoms with Crippen molar-refractivity contribution in [2.24, 2.45) is 10.9 Å². The third-order valence-corrected chi connectivity index (χ3v) is 3.22. The van der Waals surface area contributed by atoms with E-state index in [1.54, 1.807) is 6.20 Å². The zero-order valence-electron chi connectivity index (χ0n) is 11.9. The second kappa shape index (κ2) is 8.06. The Morgan fingerprint density at radius 2 is 2.14 bits per heavy atom. The SMILES string of the molecule is NC(CCCCNCc1ccccc1-n1cccn1)=NO. The van der Waals surface area contributed by atoms with Crippen molar-refractivity contribution in [3.63, 3.8) is 0 Å². The topological polar surface area (TPSA) is 88.5 Å². The number of amidine groups is 1. The number of oxime groups is 1. The molecule has 0 radical (unpaired) electrons. The molecule has 21 heavy (non-hydrogen) atoms. The van der Waals surface area contributed by atoms with Crippen molar-refractivity contribution in [2.45, 2.75) is 25.8 Å². The summed E-state index contributed by atoms with van der Waals surface area (Å²) in [7, 11) is 0. The number of unbranched alkanes of at least 4 members (excludes halogenated alkanes) is 1. The first kappa shape index (κ1) is 15.1. The molecule has 0 unspecified atom stereocenters. The van der Waals surface area contributed by atoms with Crippen LogP contribution >= 0.6 is 0 Å². The first-order valence-electron chi connectivity index (χ1n) is 7.06. The Bertz CT molecular complexity index is 565. The lowest BCUT2D eigenvalue weighted by Crippen LogP contribution is -2.17. The third kappa shape index (κ3) is 4.61. The molecule has 0 fully saturated rings. The summed E-state index contributed by atoms with van der Waals surface area (Å²) < 4.78 is 1.87. The molecule has 0 saturated carbocycles. The Morgan fingerprint density at radius 3 is 2.90 bits per heavy atom. The molecule has 1 heterocycles. The number of hydrogen-bond donors (Lipinski definition) is 3. The number of rotatable bonds is 8. The van der Waals surface area contributed by atoms with Crippen LogP contribution < -0.4 is 11.1 Å². The van der Waals surface area contributed by atoms with Crippen molar-refractivity contribution in [3.8, 4) is 5.69 Å². The zero-order chi connectivity index (χ0) is 14.9. The van der Waals surface area contributed by atoms with Gasteiger partial charge in [0.2, 0.25) is 0 Å². The lowest BCUT2D eigenvalue weighted by atomic mass is 10.1. The van der Waals surface area contributed by atoms with Gasteiger partial charge in [0.15, 0.2) is 0 Å². The first-order chi connectivity index (χ1) is 10.3. The van der Waals surface area contributed by atoms with Crippen LogP contribution in [0.5, 0.6) is 0 Å². The van der Waals surface area contributed by atoms with Crippen LogP contribution in [-0.2, 0) is 6.54 Å². The largest absolute Gasteiger partial charge is 0.409 e. The van der Waals surface area contributed by atoms with Crippen molar-refractivity contribution in [2.75, 3.05) is 6.54 Å². The van der Waals surface area contributed by atoms with Gasteiger partial charge < -0.3 is 16.3 Å². The number of nitrogens with zero attached hydrogens (tertiary/aromatic N) is 3. The van der Waals surface area contributed by atoms with Crippen LogP contribution in [0.4, 0.5) is 0 Å². The summed E-state index contributed by atoms with van der Waals surface area (Å²) in [6.07, 6.45) is 6.24. The Morgan fingerprint density at radius 1 is 1.29 bits per heavy atom. The third-order valence-electron chi connectivity index (χ3n) is 3.22. The van der Waals surface area contributed by atoms with Crippen molar-refractivity contribution < 1.29 is 5.21 Å². The van der Waals surface area contributed by atoms with E-state index in [-0.39, 0.29) is 0 Å². The van der Waals surface area contributed by atoms with Crippen molar-refractivity contribution in [1.29, 1.82) is 0 Å². The summed E-state index contributed by atoms with van der Waals surface area (Å²) >= 11 is 0. The maximum absolute atomic E-state index is 8.45. The molecule has 112 valence electrons. The predicted octanol–water partition coefficient (Wildman–Crippen LogP) is 1.88. The summed E-state index contributed by atoms with van der Waals surface area (Å²) in [5.41, 5.74) is 7.72. The van der Waals surface area contributed by atoms with E-state index in [0.717, 1.165) is 31.6 Å². The maximum atomic E-state index is 8.45. The van der Waals surface area contributed by atoms with E-state index in [4.69, 9.17) is 10.9 Å². The fourth-order valence-electron chi connectivity index (χ4n) is 2.12. The minimum Gasteiger partial charge on any atom is -0.409 e.